The third-order valence-corrected chi connectivity index (χ3v) is 4.70. The van der Waals surface area contributed by atoms with Gasteiger partial charge in [-0.1, -0.05) is 23.5 Å². The van der Waals surface area contributed by atoms with Crippen LogP contribution in [0, 0.1) is 6.92 Å². The van der Waals surface area contributed by atoms with Crippen molar-refractivity contribution in [2.45, 2.75) is 27.7 Å². The highest BCUT2D eigenvalue weighted by molar-refractivity contribution is 7.17. The minimum Gasteiger partial charge on any atom is -0.462 e. The molecule has 7 heteroatoms. The first-order chi connectivity index (χ1) is 12.1. The van der Waals surface area contributed by atoms with E-state index in [1.807, 2.05) is 12.1 Å². The van der Waals surface area contributed by atoms with Crippen molar-refractivity contribution in [3.63, 3.8) is 0 Å². The van der Waals surface area contributed by atoms with Gasteiger partial charge < -0.3 is 9.64 Å². The third-order valence-electron chi connectivity index (χ3n) is 3.65. The van der Waals surface area contributed by atoms with Crippen LogP contribution in [0.5, 0.6) is 0 Å². The molecule has 25 heavy (non-hydrogen) atoms. The summed E-state index contributed by atoms with van der Waals surface area (Å²) in [7, 11) is 0. The molecule has 0 amide bonds. The Kier molecular flexibility index (Phi) is 6.94. The first-order valence-electron chi connectivity index (χ1n) is 8.37. The van der Waals surface area contributed by atoms with Crippen LogP contribution in [0.1, 0.15) is 41.7 Å². The quantitative estimate of drug-likeness (QED) is 0.439. The minimum absolute atomic E-state index is 0.346. The number of nitrogens with one attached hydrogen (secondary N) is 1. The van der Waals surface area contributed by atoms with Crippen molar-refractivity contribution in [2.75, 3.05) is 30.0 Å². The average Bonchev–Trinajstić information content (AvgIpc) is 2.98. The number of aryl methyl sites for hydroxylation is 1. The number of anilines is 2. The molecule has 0 saturated heterocycles. The molecule has 0 aliphatic heterocycles. The van der Waals surface area contributed by atoms with Crippen LogP contribution < -0.4 is 10.3 Å². The number of carbonyl (C=O) groups excluding carboxylic acids is 1. The molecule has 1 N–H and O–H groups in total. The van der Waals surface area contributed by atoms with Crippen molar-refractivity contribution in [3.05, 3.63) is 40.4 Å². The first kappa shape index (κ1) is 18.9. The summed E-state index contributed by atoms with van der Waals surface area (Å²) in [6.07, 6.45) is 1.73. The van der Waals surface area contributed by atoms with Gasteiger partial charge in [-0.15, -0.1) is 0 Å². The van der Waals surface area contributed by atoms with Gasteiger partial charge in [-0.05, 0) is 45.4 Å². The predicted molar refractivity (Wildman–Crippen MR) is 104 cm³/mol. The SMILES string of the molecule is CCOC(=O)c1sc(N/N=C\c2ccc(N(CC)CC)cc2)nc1C. The lowest BCUT2D eigenvalue weighted by Crippen LogP contribution is -2.21. The normalized spacial score (nSPS) is 10.9. The Bertz CT molecular complexity index is 721. The number of hydrogen-bond acceptors (Lipinski definition) is 7. The second-order valence-electron chi connectivity index (χ2n) is 5.29. The molecular formula is C18H24N4O2S. The largest absolute Gasteiger partial charge is 0.462 e. The summed E-state index contributed by atoms with van der Waals surface area (Å²) in [5.41, 5.74) is 5.70. The van der Waals surface area contributed by atoms with E-state index < -0.39 is 0 Å². The minimum atomic E-state index is -0.346. The lowest BCUT2D eigenvalue weighted by molar-refractivity contribution is 0.0531. The van der Waals surface area contributed by atoms with E-state index in [0.717, 1.165) is 18.7 Å². The van der Waals surface area contributed by atoms with E-state index in [-0.39, 0.29) is 5.97 Å². The summed E-state index contributed by atoms with van der Waals surface area (Å²) in [6, 6.07) is 8.22. The fraction of sp³-hybridized carbons (Fsp3) is 0.389. The van der Waals surface area contributed by atoms with E-state index in [4.69, 9.17) is 4.74 Å². The van der Waals surface area contributed by atoms with Crippen molar-refractivity contribution in [1.82, 2.24) is 4.98 Å². The second kappa shape index (κ2) is 9.17. The number of hydrogen-bond donors (Lipinski definition) is 1. The first-order valence-corrected chi connectivity index (χ1v) is 9.19. The standard InChI is InChI=1S/C18H24N4O2S/c1-5-22(6-2)15-10-8-14(9-11-15)12-19-21-18-20-13(4)16(25-18)17(23)24-7-3/h8-12H,5-7H2,1-4H3,(H,20,21)/b19-12-. The summed E-state index contributed by atoms with van der Waals surface area (Å²) in [5.74, 6) is -0.346. The highest BCUT2D eigenvalue weighted by atomic mass is 32.1. The van der Waals surface area contributed by atoms with Crippen molar-refractivity contribution in [1.29, 1.82) is 0 Å². The highest BCUT2D eigenvalue weighted by Gasteiger charge is 2.15. The van der Waals surface area contributed by atoms with Crippen LogP contribution in [0.3, 0.4) is 0 Å². The highest BCUT2D eigenvalue weighted by Crippen LogP contribution is 2.23. The van der Waals surface area contributed by atoms with Crippen LogP contribution >= 0.6 is 11.3 Å². The van der Waals surface area contributed by atoms with Crippen LogP contribution in [0.2, 0.25) is 0 Å². The van der Waals surface area contributed by atoms with Gasteiger partial charge in [0.25, 0.3) is 0 Å². The molecule has 2 aromatic rings. The molecular weight excluding hydrogens is 336 g/mol. The topological polar surface area (TPSA) is 66.8 Å². The summed E-state index contributed by atoms with van der Waals surface area (Å²) in [6.45, 7) is 10.2. The van der Waals surface area contributed by atoms with E-state index in [0.29, 0.717) is 22.3 Å². The molecule has 0 spiro atoms. The molecule has 0 bridgehead atoms. The summed E-state index contributed by atoms with van der Waals surface area (Å²) in [5, 5.41) is 4.76. The van der Waals surface area contributed by atoms with Gasteiger partial charge in [-0.3, -0.25) is 5.43 Å². The molecule has 0 radical (unpaired) electrons. The molecule has 0 atom stereocenters. The fourth-order valence-corrected chi connectivity index (χ4v) is 3.16. The molecule has 0 fully saturated rings. The Labute approximate surface area is 152 Å². The Morgan fingerprint density at radius 2 is 1.96 bits per heavy atom. The van der Waals surface area contributed by atoms with Gasteiger partial charge in [0, 0.05) is 18.8 Å². The Morgan fingerprint density at radius 1 is 1.28 bits per heavy atom. The molecule has 1 aromatic heterocycles. The number of ether oxygens (including phenoxy) is 1. The lowest BCUT2D eigenvalue weighted by atomic mass is 10.2. The smallest absolute Gasteiger partial charge is 0.350 e. The number of aromatic nitrogens is 1. The third kappa shape index (κ3) is 5.03. The molecule has 134 valence electrons. The molecule has 2 rings (SSSR count). The van der Waals surface area contributed by atoms with E-state index >= 15 is 0 Å². The molecule has 6 nitrogen and oxygen atoms in total. The van der Waals surface area contributed by atoms with Gasteiger partial charge in [0.05, 0.1) is 18.5 Å². The fourth-order valence-electron chi connectivity index (χ4n) is 2.35. The van der Waals surface area contributed by atoms with E-state index in [1.165, 1.54) is 17.0 Å². The maximum Gasteiger partial charge on any atom is 0.350 e. The van der Waals surface area contributed by atoms with Gasteiger partial charge in [0.2, 0.25) is 5.13 Å². The maximum atomic E-state index is 11.8. The second-order valence-corrected chi connectivity index (χ2v) is 6.29. The van der Waals surface area contributed by atoms with E-state index in [2.05, 4.69) is 46.4 Å². The van der Waals surface area contributed by atoms with Gasteiger partial charge in [0.1, 0.15) is 4.88 Å². The summed E-state index contributed by atoms with van der Waals surface area (Å²) < 4.78 is 5.01. The van der Waals surface area contributed by atoms with Gasteiger partial charge >= 0.3 is 5.97 Å². The number of thiazole rings is 1. The number of benzene rings is 1. The average molecular weight is 360 g/mol. The van der Waals surface area contributed by atoms with Crippen LogP contribution in [0.15, 0.2) is 29.4 Å². The van der Waals surface area contributed by atoms with Crippen molar-refractivity contribution < 1.29 is 9.53 Å². The number of esters is 1. The van der Waals surface area contributed by atoms with Crippen LogP contribution in [-0.2, 0) is 4.74 Å². The molecule has 0 aliphatic carbocycles. The zero-order valence-corrected chi connectivity index (χ0v) is 15.9. The Morgan fingerprint density at radius 3 is 2.56 bits per heavy atom. The Hall–Kier alpha value is -2.41. The van der Waals surface area contributed by atoms with E-state index in [1.54, 1.807) is 20.1 Å². The molecule has 1 heterocycles. The van der Waals surface area contributed by atoms with Gasteiger partial charge in [-0.25, -0.2) is 9.78 Å². The Balaban J connectivity index is 1.99. The predicted octanol–water partition coefficient (Wildman–Crippen LogP) is 3.92. The monoisotopic (exact) mass is 360 g/mol. The number of nitrogens with zero attached hydrogens (tertiary/aromatic N) is 3. The van der Waals surface area contributed by atoms with Gasteiger partial charge in [-0.2, -0.15) is 5.10 Å². The van der Waals surface area contributed by atoms with Crippen molar-refractivity contribution >= 4 is 34.3 Å². The molecule has 0 saturated carbocycles. The zero-order valence-electron chi connectivity index (χ0n) is 15.1. The number of rotatable bonds is 8. The van der Waals surface area contributed by atoms with Crippen molar-refractivity contribution in [2.24, 2.45) is 5.10 Å². The zero-order chi connectivity index (χ0) is 18.2. The summed E-state index contributed by atoms with van der Waals surface area (Å²) >= 11 is 1.24. The molecule has 1 aromatic carbocycles. The number of carbonyl (C=O) groups is 1. The number of hydrazone groups is 1. The van der Waals surface area contributed by atoms with E-state index in [9.17, 15) is 4.79 Å². The maximum absolute atomic E-state index is 11.8. The van der Waals surface area contributed by atoms with Crippen molar-refractivity contribution in [3.8, 4) is 0 Å². The molecule has 0 unspecified atom stereocenters. The van der Waals surface area contributed by atoms with Crippen LogP contribution in [0.25, 0.3) is 0 Å². The van der Waals surface area contributed by atoms with Crippen LogP contribution in [-0.4, -0.2) is 36.9 Å². The molecule has 0 aliphatic rings. The van der Waals surface area contributed by atoms with Crippen LogP contribution in [0.4, 0.5) is 10.8 Å². The summed E-state index contributed by atoms with van der Waals surface area (Å²) in [4.78, 5) is 18.9. The van der Waals surface area contributed by atoms with Gasteiger partial charge in [0.15, 0.2) is 0 Å². The lowest BCUT2D eigenvalue weighted by Gasteiger charge is -2.20.